The lowest BCUT2D eigenvalue weighted by Gasteiger charge is -2.39. The highest BCUT2D eigenvalue weighted by Crippen LogP contribution is 2.51. The van der Waals surface area contributed by atoms with E-state index >= 15 is 0 Å². The Morgan fingerprint density at radius 2 is 1.83 bits per heavy atom. The van der Waals surface area contributed by atoms with Crippen LogP contribution in [0.2, 0.25) is 5.02 Å². The molecule has 0 aliphatic carbocycles. The van der Waals surface area contributed by atoms with Gasteiger partial charge in [0.1, 0.15) is 5.82 Å². The maximum Gasteiger partial charge on any atom is 0.215 e. The largest absolute Gasteiger partial charge is 0.490 e. The van der Waals surface area contributed by atoms with Gasteiger partial charge in [-0.2, -0.15) is 5.10 Å². The molecule has 6 heteroatoms. The Balaban J connectivity index is 1.62. The van der Waals surface area contributed by atoms with Crippen molar-refractivity contribution < 1.29 is 13.9 Å². The quantitative estimate of drug-likeness (QED) is 0.508. The normalized spacial score (nSPS) is 19.6. The van der Waals surface area contributed by atoms with Crippen LogP contribution in [0.1, 0.15) is 42.3 Å². The van der Waals surface area contributed by atoms with Crippen molar-refractivity contribution in [1.82, 2.24) is 5.01 Å². The minimum Gasteiger partial charge on any atom is -0.490 e. The number of hydrazone groups is 1. The second-order valence-electron chi connectivity index (χ2n) is 7.25. The van der Waals surface area contributed by atoms with Crippen molar-refractivity contribution in [2.24, 2.45) is 5.10 Å². The van der Waals surface area contributed by atoms with Crippen molar-refractivity contribution in [2.45, 2.75) is 25.6 Å². The highest BCUT2D eigenvalue weighted by atomic mass is 35.5. The average Bonchev–Trinajstić information content (AvgIpc) is 3.20. The van der Waals surface area contributed by atoms with Crippen molar-refractivity contribution in [2.75, 3.05) is 6.61 Å². The predicted molar refractivity (Wildman–Crippen MR) is 115 cm³/mol. The van der Waals surface area contributed by atoms with E-state index in [9.17, 15) is 4.39 Å². The summed E-state index contributed by atoms with van der Waals surface area (Å²) in [5.74, 6) is 1.17. The number of halogens is 2. The van der Waals surface area contributed by atoms with Crippen LogP contribution in [0.3, 0.4) is 0 Å². The summed E-state index contributed by atoms with van der Waals surface area (Å²) >= 11 is 6.52. The van der Waals surface area contributed by atoms with Gasteiger partial charge in [-0.3, -0.25) is 0 Å². The van der Waals surface area contributed by atoms with E-state index in [1.54, 1.807) is 12.1 Å². The van der Waals surface area contributed by atoms with Crippen LogP contribution < -0.4 is 9.47 Å². The molecule has 3 aromatic carbocycles. The van der Waals surface area contributed by atoms with E-state index in [1.807, 2.05) is 54.4 Å². The van der Waals surface area contributed by atoms with E-state index in [0.29, 0.717) is 23.8 Å². The monoisotopic (exact) mass is 422 g/mol. The molecule has 0 amide bonds. The first kappa shape index (κ1) is 18.9. The van der Waals surface area contributed by atoms with E-state index in [-0.39, 0.29) is 11.9 Å². The van der Waals surface area contributed by atoms with Crippen LogP contribution in [0.15, 0.2) is 71.8 Å². The molecule has 2 aliphatic rings. The molecule has 2 aliphatic heterocycles. The van der Waals surface area contributed by atoms with Crippen molar-refractivity contribution in [1.29, 1.82) is 0 Å². The van der Waals surface area contributed by atoms with Crippen LogP contribution in [0.4, 0.5) is 4.39 Å². The maximum absolute atomic E-state index is 13.4. The van der Waals surface area contributed by atoms with Gasteiger partial charge in [-0.1, -0.05) is 54.1 Å². The summed E-state index contributed by atoms with van der Waals surface area (Å²) in [7, 11) is 0. The molecule has 2 atom stereocenters. The standard InChI is InChI=1S/C24H20ClFN2O2/c1-2-29-22-9-5-7-18-21-14-20(15-10-12-16(26)13-11-15)27-28(21)24(30-23(18)22)17-6-3-4-8-19(17)25/h3-13,21,24H,2,14H2,1H3/t21-,24-/m0/s1. The molecule has 0 spiro atoms. The molecular formula is C24H20ClFN2O2. The van der Waals surface area contributed by atoms with Gasteiger partial charge >= 0.3 is 0 Å². The third-order valence-corrected chi connectivity index (χ3v) is 5.77. The van der Waals surface area contributed by atoms with E-state index < -0.39 is 6.23 Å². The lowest BCUT2D eigenvalue weighted by Crippen LogP contribution is -2.34. The Hall–Kier alpha value is -3.05. The van der Waals surface area contributed by atoms with Gasteiger partial charge in [-0.15, -0.1) is 0 Å². The SMILES string of the molecule is CCOc1cccc2c1O[C@@H](c1ccccc1Cl)N1N=C(c3ccc(F)cc3)C[C@@H]21. The minimum absolute atomic E-state index is 0.0320. The first-order valence-electron chi connectivity index (χ1n) is 9.94. The molecule has 2 heterocycles. The van der Waals surface area contributed by atoms with Crippen LogP contribution in [-0.4, -0.2) is 17.3 Å². The highest BCUT2D eigenvalue weighted by Gasteiger charge is 2.42. The Morgan fingerprint density at radius 1 is 1.07 bits per heavy atom. The summed E-state index contributed by atoms with van der Waals surface area (Å²) < 4.78 is 25.7. The molecule has 5 rings (SSSR count). The Kier molecular flexibility index (Phi) is 4.83. The van der Waals surface area contributed by atoms with Gasteiger partial charge in [0, 0.05) is 22.6 Å². The zero-order valence-corrected chi connectivity index (χ0v) is 17.1. The Bertz CT molecular complexity index is 1120. The van der Waals surface area contributed by atoms with Crippen molar-refractivity contribution in [3.8, 4) is 11.5 Å². The molecule has 0 fully saturated rings. The number of hydrogen-bond acceptors (Lipinski definition) is 4. The van der Waals surface area contributed by atoms with E-state index in [2.05, 4.69) is 0 Å². The second kappa shape index (κ2) is 7.65. The molecule has 152 valence electrons. The van der Waals surface area contributed by atoms with Gasteiger partial charge in [-0.25, -0.2) is 9.40 Å². The molecule has 0 bridgehead atoms. The number of benzene rings is 3. The number of nitrogens with zero attached hydrogens (tertiary/aromatic N) is 2. The maximum atomic E-state index is 13.4. The van der Waals surface area contributed by atoms with Crippen molar-refractivity contribution >= 4 is 17.3 Å². The fourth-order valence-electron chi connectivity index (χ4n) is 4.05. The van der Waals surface area contributed by atoms with Crippen molar-refractivity contribution in [3.63, 3.8) is 0 Å². The molecule has 0 aromatic heterocycles. The van der Waals surface area contributed by atoms with Crippen LogP contribution in [0.5, 0.6) is 11.5 Å². The van der Waals surface area contributed by atoms with Gasteiger partial charge < -0.3 is 9.47 Å². The minimum atomic E-state index is -0.490. The molecule has 0 unspecified atom stereocenters. The smallest absolute Gasteiger partial charge is 0.215 e. The summed E-state index contributed by atoms with van der Waals surface area (Å²) in [5.41, 5.74) is 3.64. The van der Waals surface area contributed by atoms with Gasteiger partial charge in [0.15, 0.2) is 11.5 Å². The average molecular weight is 423 g/mol. The third kappa shape index (κ3) is 3.19. The number of ether oxygens (including phenoxy) is 2. The summed E-state index contributed by atoms with van der Waals surface area (Å²) in [6.07, 6.45) is 0.189. The molecule has 3 aromatic rings. The van der Waals surface area contributed by atoms with Gasteiger partial charge in [-0.05, 0) is 36.8 Å². The Labute approximate surface area is 179 Å². The lowest BCUT2D eigenvalue weighted by molar-refractivity contribution is -0.0211. The molecular weight excluding hydrogens is 403 g/mol. The predicted octanol–water partition coefficient (Wildman–Crippen LogP) is 6.12. The number of fused-ring (bicyclic) bond motifs is 3. The van der Waals surface area contributed by atoms with E-state index in [0.717, 1.165) is 28.2 Å². The summed E-state index contributed by atoms with van der Waals surface area (Å²) in [6, 6.07) is 19.9. The zero-order chi connectivity index (χ0) is 20.7. The van der Waals surface area contributed by atoms with Crippen LogP contribution in [0.25, 0.3) is 0 Å². The van der Waals surface area contributed by atoms with Crippen LogP contribution in [0, 0.1) is 5.82 Å². The topological polar surface area (TPSA) is 34.1 Å². The third-order valence-electron chi connectivity index (χ3n) is 5.43. The van der Waals surface area contributed by atoms with E-state index in [4.69, 9.17) is 26.2 Å². The zero-order valence-electron chi connectivity index (χ0n) is 16.4. The molecule has 30 heavy (non-hydrogen) atoms. The summed E-state index contributed by atoms with van der Waals surface area (Å²) in [6.45, 7) is 2.49. The molecule has 0 radical (unpaired) electrons. The number of rotatable bonds is 4. The molecule has 0 saturated carbocycles. The molecule has 0 N–H and O–H groups in total. The summed E-state index contributed by atoms with van der Waals surface area (Å²) in [4.78, 5) is 0. The molecule has 4 nitrogen and oxygen atoms in total. The Morgan fingerprint density at radius 3 is 2.60 bits per heavy atom. The summed E-state index contributed by atoms with van der Waals surface area (Å²) in [5, 5.41) is 7.46. The fraction of sp³-hybridized carbons (Fsp3) is 0.208. The first-order chi connectivity index (χ1) is 14.7. The fourth-order valence-corrected chi connectivity index (χ4v) is 4.28. The second-order valence-corrected chi connectivity index (χ2v) is 7.66. The number of para-hydroxylation sites is 1. The lowest BCUT2D eigenvalue weighted by atomic mass is 9.95. The van der Waals surface area contributed by atoms with Crippen molar-refractivity contribution in [3.05, 3.63) is 94.3 Å². The van der Waals surface area contributed by atoms with Gasteiger partial charge in [0.05, 0.1) is 18.4 Å². The first-order valence-corrected chi connectivity index (χ1v) is 10.3. The van der Waals surface area contributed by atoms with Crippen LogP contribution >= 0.6 is 11.6 Å². The number of hydrogen-bond donors (Lipinski definition) is 0. The van der Waals surface area contributed by atoms with Crippen LogP contribution in [-0.2, 0) is 0 Å². The highest BCUT2D eigenvalue weighted by molar-refractivity contribution is 6.31. The van der Waals surface area contributed by atoms with Gasteiger partial charge in [0.2, 0.25) is 6.23 Å². The van der Waals surface area contributed by atoms with E-state index in [1.165, 1.54) is 12.1 Å². The van der Waals surface area contributed by atoms with Gasteiger partial charge in [0.25, 0.3) is 0 Å². The molecule has 0 saturated heterocycles.